The number of aromatic hydroxyl groups is 1. The standard InChI is InChI=1S/C19H21NO5S/c1-12-5-8-16(9-6-12)26(23,24)20-19(13(2)14(3)21)17-10-7-15(25-4)11-18(17)22/h5-11,19-20,22H,2H2,1,3-4H3/t19-/m1/s1. The average molecular weight is 375 g/mol. The van der Waals surface area contributed by atoms with Crippen LogP contribution in [0.1, 0.15) is 24.1 Å². The van der Waals surface area contributed by atoms with Crippen LogP contribution in [0.15, 0.2) is 59.5 Å². The fraction of sp³-hybridized carbons (Fsp3) is 0.211. The summed E-state index contributed by atoms with van der Waals surface area (Å²) in [6, 6.07) is 9.58. The van der Waals surface area contributed by atoms with Gasteiger partial charge in [-0.2, -0.15) is 4.72 Å². The Morgan fingerprint density at radius 2 is 1.81 bits per heavy atom. The summed E-state index contributed by atoms with van der Waals surface area (Å²) in [5, 5.41) is 10.3. The number of aryl methyl sites for hydroxylation is 1. The quantitative estimate of drug-likeness (QED) is 0.726. The molecule has 2 rings (SSSR count). The Hall–Kier alpha value is -2.64. The number of rotatable bonds is 7. The summed E-state index contributed by atoms with van der Waals surface area (Å²) in [6.45, 7) is 6.82. The second-order valence-electron chi connectivity index (χ2n) is 5.87. The van der Waals surface area contributed by atoms with Gasteiger partial charge in [0, 0.05) is 17.2 Å². The molecule has 0 saturated heterocycles. The largest absolute Gasteiger partial charge is 0.507 e. The number of phenols is 1. The van der Waals surface area contributed by atoms with Crippen molar-refractivity contribution >= 4 is 15.8 Å². The van der Waals surface area contributed by atoms with Gasteiger partial charge in [0.15, 0.2) is 5.78 Å². The lowest BCUT2D eigenvalue weighted by Gasteiger charge is -2.21. The highest BCUT2D eigenvalue weighted by molar-refractivity contribution is 7.89. The Morgan fingerprint density at radius 3 is 2.31 bits per heavy atom. The summed E-state index contributed by atoms with van der Waals surface area (Å²) in [6.07, 6.45) is 0. The minimum absolute atomic E-state index is 0.0150. The number of carbonyl (C=O) groups is 1. The van der Waals surface area contributed by atoms with Gasteiger partial charge in [-0.25, -0.2) is 8.42 Å². The van der Waals surface area contributed by atoms with Crippen LogP contribution < -0.4 is 9.46 Å². The van der Waals surface area contributed by atoms with Crippen LogP contribution >= 0.6 is 0 Å². The minimum atomic E-state index is -3.94. The van der Waals surface area contributed by atoms with Gasteiger partial charge >= 0.3 is 0 Å². The molecule has 2 aromatic carbocycles. The third-order valence-corrected chi connectivity index (χ3v) is 5.39. The van der Waals surface area contributed by atoms with Gasteiger partial charge in [0.2, 0.25) is 10.0 Å². The van der Waals surface area contributed by atoms with Gasteiger partial charge in [0.25, 0.3) is 0 Å². The van der Waals surface area contributed by atoms with Crippen molar-refractivity contribution in [1.82, 2.24) is 4.72 Å². The van der Waals surface area contributed by atoms with Gasteiger partial charge in [0.1, 0.15) is 11.5 Å². The van der Waals surface area contributed by atoms with Gasteiger partial charge in [-0.1, -0.05) is 24.3 Å². The van der Waals surface area contributed by atoms with E-state index in [1.807, 2.05) is 6.92 Å². The minimum Gasteiger partial charge on any atom is -0.507 e. The zero-order valence-electron chi connectivity index (χ0n) is 14.8. The smallest absolute Gasteiger partial charge is 0.241 e. The predicted octanol–water partition coefficient (Wildman–Crippen LogP) is 2.87. The third kappa shape index (κ3) is 4.30. The lowest BCUT2D eigenvalue weighted by molar-refractivity contribution is -0.113. The van der Waals surface area contributed by atoms with Gasteiger partial charge in [-0.05, 0) is 38.1 Å². The van der Waals surface area contributed by atoms with Crippen LogP contribution in [-0.2, 0) is 14.8 Å². The first kappa shape index (κ1) is 19.7. The van der Waals surface area contributed by atoms with E-state index in [0.29, 0.717) is 5.75 Å². The molecule has 0 aromatic heterocycles. The predicted molar refractivity (Wildman–Crippen MR) is 98.7 cm³/mol. The van der Waals surface area contributed by atoms with Crippen LogP contribution in [0.2, 0.25) is 0 Å². The number of carbonyl (C=O) groups excluding carboxylic acids is 1. The molecule has 138 valence electrons. The van der Waals surface area contributed by atoms with Crippen LogP contribution in [0, 0.1) is 6.92 Å². The molecule has 0 saturated carbocycles. The van der Waals surface area contributed by atoms with E-state index in [4.69, 9.17) is 4.74 Å². The molecule has 6 nitrogen and oxygen atoms in total. The number of phenolic OH excluding ortho intramolecular Hbond substituents is 1. The molecular formula is C19H21NO5S. The Morgan fingerprint density at radius 1 is 1.19 bits per heavy atom. The van der Waals surface area contributed by atoms with Crippen molar-refractivity contribution in [3.63, 3.8) is 0 Å². The Balaban J connectivity index is 2.47. The molecule has 2 N–H and O–H groups in total. The van der Waals surface area contributed by atoms with Crippen molar-refractivity contribution in [2.24, 2.45) is 0 Å². The van der Waals surface area contributed by atoms with Gasteiger partial charge in [-0.15, -0.1) is 0 Å². The molecular weight excluding hydrogens is 354 g/mol. The molecule has 0 aliphatic carbocycles. The average Bonchev–Trinajstić information content (AvgIpc) is 2.59. The fourth-order valence-electron chi connectivity index (χ4n) is 2.36. The van der Waals surface area contributed by atoms with Gasteiger partial charge in [0.05, 0.1) is 18.0 Å². The first-order chi connectivity index (χ1) is 12.2. The van der Waals surface area contributed by atoms with Crippen LogP contribution in [0.4, 0.5) is 0 Å². The van der Waals surface area contributed by atoms with Crippen molar-refractivity contribution in [3.05, 3.63) is 65.7 Å². The van der Waals surface area contributed by atoms with E-state index in [1.54, 1.807) is 18.2 Å². The number of methoxy groups -OCH3 is 1. The van der Waals surface area contributed by atoms with Crippen LogP contribution in [0.5, 0.6) is 11.5 Å². The first-order valence-corrected chi connectivity index (χ1v) is 9.29. The summed E-state index contributed by atoms with van der Waals surface area (Å²) < 4.78 is 32.9. The molecule has 0 radical (unpaired) electrons. The summed E-state index contributed by atoms with van der Waals surface area (Å²) in [4.78, 5) is 11.9. The zero-order valence-corrected chi connectivity index (χ0v) is 15.6. The van der Waals surface area contributed by atoms with Crippen molar-refractivity contribution in [1.29, 1.82) is 0 Å². The molecule has 0 aliphatic heterocycles. The Labute approximate surface area is 153 Å². The number of hydrogen-bond donors (Lipinski definition) is 2. The highest BCUT2D eigenvalue weighted by Crippen LogP contribution is 2.33. The van der Waals surface area contributed by atoms with E-state index in [0.717, 1.165) is 5.56 Å². The zero-order chi connectivity index (χ0) is 19.5. The number of Topliss-reactive ketones (excluding diaryl/α,β-unsaturated/α-hetero) is 1. The van der Waals surface area contributed by atoms with Crippen LogP contribution in [0.25, 0.3) is 0 Å². The van der Waals surface area contributed by atoms with Crippen molar-refractivity contribution < 1.29 is 23.1 Å². The number of hydrogen-bond acceptors (Lipinski definition) is 5. The summed E-state index contributed by atoms with van der Waals surface area (Å²) >= 11 is 0. The van der Waals surface area contributed by atoms with E-state index in [1.165, 1.54) is 38.3 Å². The summed E-state index contributed by atoms with van der Waals surface area (Å²) in [5.41, 5.74) is 1.14. The van der Waals surface area contributed by atoms with Gasteiger partial charge < -0.3 is 9.84 Å². The van der Waals surface area contributed by atoms with E-state index >= 15 is 0 Å². The molecule has 0 unspecified atom stereocenters. The SMILES string of the molecule is C=C(C(C)=O)[C@@H](NS(=O)(=O)c1ccc(C)cc1)c1ccc(OC)cc1O. The molecule has 0 heterocycles. The highest BCUT2D eigenvalue weighted by atomic mass is 32.2. The number of sulfonamides is 1. The van der Waals surface area contributed by atoms with Crippen molar-refractivity contribution in [2.75, 3.05) is 7.11 Å². The highest BCUT2D eigenvalue weighted by Gasteiger charge is 2.27. The van der Waals surface area contributed by atoms with Crippen molar-refractivity contribution in [2.45, 2.75) is 24.8 Å². The van der Waals surface area contributed by atoms with Gasteiger partial charge in [-0.3, -0.25) is 4.79 Å². The molecule has 7 heteroatoms. The number of nitrogens with one attached hydrogen (secondary N) is 1. The van der Waals surface area contributed by atoms with Crippen molar-refractivity contribution in [3.8, 4) is 11.5 Å². The van der Waals surface area contributed by atoms with Crippen LogP contribution in [0.3, 0.4) is 0 Å². The monoisotopic (exact) mass is 375 g/mol. The molecule has 0 fully saturated rings. The number of ether oxygens (including phenoxy) is 1. The lowest BCUT2D eigenvalue weighted by Crippen LogP contribution is -2.31. The maximum atomic E-state index is 12.7. The third-order valence-electron chi connectivity index (χ3n) is 3.95. The Kier molecular flexibility index (Phi) is 5.84. The molecule has 26 heavy (non-hydrogen) atoms. The molecule has 0 aliphatic rings. The topological polar surface area (TPSA) is 92.7 Å². The van der Waals surface area contributed by atoms with E-state index < -0.39 is 21.8 Å². The molecule has 0 bridgehead atoms. The normalized spacial score (nSPS) is 12.4. The molecule has 2 aromatic rings. The number of benzene rings is 2. The maximum absolute atomic E-state index is 12.7. The molecule has 0 spiro atoms. The fourth-order valence-corrected chi connectivity index (χ4v) is 3.57. The second-order valence-corrected chi connectivity index (χ2v) is 7.59. The van der Waals surface area contributed by atoms with E-state index in [-0.39, 0.29) is 21.8 Å². The van der Waals surface area contributed by atoms with E-state index in [2.05, 4.69) is 11.3 Å². The Bertz CT molecular complexity index is 933. The maximum Gasteiger partial charge on any atom is 0.241 e. The lowest BCUT2D eigenvalue weighted by atomic mass is 9.97. The molecule has 0 amide bonds. The number of ketones is 1. The van der Waals surface area contributed by atoms with E-state index in [9.17, 15) is 18.3 Å². The first-order valence-electron chi connectivity index (χ1n) is 7.81. The summed E-state index contributed by atoms with van der Waals surface area (Å²) in [7, 11) is -2.50. The summed E-state index contributed by atoms with van der Waals surface area (Å²) in [5.74, 6) is -0.194. The molecule has 1 atom stereocenters. The second kappa shape index (κ2) is 7.72. The van der Waals surface area contributed by atoms with Crippen LogP contribution in [-0.4, -0.2) is 26.4 Å².